The lowest BCUT2D eigenvalue weighted by Crippen LogP contribution is -2.28. The first kappa shape index (κ1) is 16.6. The van der Waals surface area contributed by atoms with E-state index in [2.05, 4.69) is 5.32 Å². The summed E-state index contributed by atoms with van der Waals surface area (Å²) < 4.78 is 0. The van der Waals surface area contributed by atoms with Gasteiger partial charge in [-0.25, -0.2) is 0 Å². The minimum absolute atomic E-state index is 0.0773. The van der Waals surface area contributed by atoms with Crippen molar-refractivity contribution >= 4 is 17.7 Å². The maximum Gasteiger partial charge on any atom is 0.251 e. The average Bonchev–Trinajstić information content (AvgIpc) is 2.59. The Morgan fingerprint density at radius 1 is 1.14 bits per heavy atom. The highest BCUT2D eigenvalue weighted by Crippen LogP contribution is 2.19. The SMILES string of the molecule is CSc1ccc(C(=O)NCC(CCO)c2ccccc2)cc1. The summed E-state index contributed by atoms with van der Waals surface area (Å²) in [7, 11) is 0. The zero-order valence-electron chi connectivity index (χ0n) is 12.7. The number of carbonyl (C=O) groups is 1. The Bertz CT molecular complexity index is 584. The van der Waals surface area contributed by atoms with E-state index in [0.29, 0.717) is 18.5 Å². The van der Waals surface area contributed by atoms with E-state index in [-0.39, 0.29) is 18.4 Å². The van der Waals surface area contributed by atoms with Gasteiger partial charge in [-0.05, 0) is 42.5 Å². The molecular weight excluding hydrogens is 294 g/mol. The number of hydrogen-bond acceptors (Lipinski definition) is 3. The summed E-state index contributed by atoms with van der Waals surface area (Å²) in [6, 6.07) is 17.5. The van der Waals surface area contributed by atoms with Gasteiger partial charge in [0, 0.05) is 29.5 Å². The highest BCUT2D eigenvalue weighted by atomic mass is 32.2. The molecule has 0 aliphatic heterocycles. The van der Waals surface area contributed by atoms with Crippen molar-refractivity contribution in [3.8, 4) is 0 Å². The van der Waals surface area contributed by atoms with Gasteiger partial charge in [0.05, 0.1) is 0 Å². The molecule has 116 valence electrons. The van der Waals surface area contributed by atoms with Gasteiger partial charge in [-0.2, -0.15) is 0 Å². The highest BCUT2D eigenvalue weighted by molar-refractivity contribution is 7.98. The van der Waals surface area contributed by atoms with Crippen LogP contribution < -0.4 is 5.32 Å². The maximum atomic E-state index is 12.2. The van der Waals surface area contributed by atoms with Crippen LogP contribution in [0.5, 0.6) is 0 Å². The number of nitrogens with one attached hydrogen (secondary N) is 1. The molecule has 2 rings (SSSR count). The number of hydrogen-bond donors (Lipinski definition) is 2. The molecular formula is C18H21NO2S. The number of carbonyl (C=O) groups excluding carboxylic acids is 1. The molecule has 1 atom stereocenters. The molecule has 2 N–H and O–H groups in total. The summed E-state index contributed by atoms with van der Waals surface area (Å²) in [4.78, 5) is 13.3. The molecule has 2 aromatic carbocycles. The summed E-state index contributed by atoms with van der Waals surface area (Å²) in [5.41, 5.74) is 1.79. The Hall–Kier alpha value is -1.78. The van der Waals surface area contributed by atoms with Crippen molar-refractivity contribution in [2.75, 3.05) is 19.4 Å². The van der Waals surface area contributed by atoms with Gasteiger partial charge in [0.25, 0.3) is 5.91 Å². The van der Waals surface area contributed by atoms with E-state index >= 15 is 0 Å². The third-order valence-electron chi connectivity index (χ3n) is 3.61. The largest absolute Gasteiger partial charge is 0.396 e. The molecule has 0 saturated carbocycles. The van der Waals surface area contributed by atoms with Crippen molar-refractivity contribution in [3.05, 3.63) is 65.7 Å². The molecule has 1 unspecified atom stereocenters. The van der Waals surface area contributed by atoms with E-state index in [4.69, 9.17) is 0 Å². The molecule has 0 aliphatic carbocycles. The van der Waals surface area contributed by atoms with Crippen LogP contribution in [0, 0.1) is 0 Å². The van der Waals surface area contributed by atoms with Gasteiger partial charge in [0.2, 0.25) is 0 Å². The third kappa shape index (κ3) is 4.61. The molecule has 2 aromatic rings. The summed E-state index contributed by atoms with van der Waals surface area (Å²) in [6.07, 6.45) is 2.64. The van der Waals surface area contributed by atoms with Crippen molar-refractivity contribution in [2.24, 2.45) is 0 Å². The molecule has 1 amide bonds. The fourth-order valence-corrected chi connectivity index (χ4v) is 2.74. The van der Waals surface area contributed by atoms with E-state index < -0.39 is 0 Å². The third-order valence-corrected chi connectivity index (χ3v) is 4.35. The molecule has 3 nitrogen and oxygen atoms in total. The zero-order valence-corrected chi connectivity index (χ0v) is 13.5. The van der Waals surface area contributed by atoms with Crippen LogP contribution in [0.4, 0.5) is 0 Å². The van der Waals surface area contributed by atoms with Crippen molar-refractivity contribution < 1.29 is 9.90 Å². The fraction of sp³-hybridized carbons (Fsp3) is 0.278. The normalized spacial score (nSPS) is 11.9. The average molecular weight is 315 g/mol. The van der Waals surface area contributed by atoms with Gasteiger partial charge in [0.15, 0.2) is 0 Å². The Morgan fingerprint density at radius 2 is 1.82 bits per heavy atom. The van der Waals surface area contributed by atoms with Crippen molar-refractivity contribution in [2.45, 2.75) is 17.2 Å². The van der Waals surface area contributed by atoms with E-state index in [1.165, 1.54) is 0 Å². The Morgan fingerprint density at radius 3 is 2.41 bits per heavy atom. The van der Waals surface area contributed by atoms with Crippen molar-refractivity contribution in [3.63, 3.8) is 0 Å². The monoisotopic (exact) mass is 315 g/mol. The summed E-state index contributed by atoms with van der Waals surface area (Å²) >= 11 is 1.65. The molecule has 0 spiro atoms. The van der Waals surface area contributed by atoms with Gasteiger partial charge < -0.3 is 10.4 Å². The van der Waals surface area contributed by atoms with Crippen LogP contribution in [-0.2, 0) is 0 Å². The molecule has 0 bridgehead atoms. The Labute approximate surface area is 135 Å². The molecule has 22 heavy (non-hydrogen) atoms. The summed E-state index contributed by atoms with van der Waals surface area (Å²) in [6.45, 7) is 0.630. The molecule has 0 radical (unpaired) electrons. The van der Waals surface area contributed by atoms with Gasteiger partial charge in [-0.3, -0.25) is 4.79 Å². The van der Waals surface area contributed by atoms with Crippen LogP contribution in [0.25, 0.3) is 0 Å². The van der Waals surface area contributed by atoms with Crippen LogP contribution in [0.15, 0.2) is 59.5 Å². The number of aliphatic hydroxyl groups is 1. The molecule has 0 aliphatic rings. The first-order valence-electron chi connectivity index (χ1n) is 7.32. The predicted octanol–water partition coefficient (Wildman–Crippen LogP) is 3.30. The Balaban J connectivity index is 1.97. The number of amides is 1. The number of thioether (sulfide) groups is 1. The minimum Gasteiger partial charge on any atom is -0.396 e. The second-order valence-electron chi connectivity index (χ2n) is 5.06. The lowest BCUT2D eigenvalue weighted by Gasteiger charge is -2.17. The van der Waals surface area contributed by atoms with Gasteiger partial charge in [-0.15, -0.1) is 11.8 Å². The lowest BCUT2D eigenvalue weighted by atomic mass is 9.96. The van der Waals surface area contributed by atoms with E-state index in [1.807, 2.05) is 60.9 Å². The number of aliphatic hydroxyl groups excluding tert-OH is 1. The minimum atomic E-state index is -0.0773. The molecule has 0 heterocycles. The number of rotatable bonds is 7. The van der Waals surface area contributed by atoms with Gasteiger partial charge in [0.1, 0.15) is 0 Å². The van der Waals surface area contributed by atoms with Crippen LogP contribution >= 0.6 is 11.8 Å². The quantitative estimate of drug-likeness (QED) is 0.771. The Kier molecular flexibility index (Phi) is 6.49. The number of benzene rings is 2. The summed E-state index contributed by atoms with van der Waals surface area (Å²) in [5.74, 6) is 0.0483. The predicted molar refractivity (Wildman–Crippen MR) is 91.4 cm³/mol. The second kappa shape index (κ2) is 8.61. The molecule has 4 heteroatoms. The van der Waals surface area contributed by atoms with Crippen LogP contribution in [0.3, 0.4) is 0 Å². The topological polar surface area (TPSA) is 49.3 Å². The zero-order chi connectivity index (χ0) is 15.8. The smallest absolute Gasteiger partial charge is 0.251 e. The van der Waals surface area contributed by atoms with Crippen molar-refractivity contribution in [1.82, 2.24) is 5.32 Å². The van der Waals surface area contributed by atoms with Gasteiger partial charge >= 0.3 is 0 Å². The first-order valence-corrected chi connectivity index (χ1v) is 8.55. The standard InChI is InChI=1S/C18H21NO2S/c1-22-17-9-7-15(8-10-17)18(21)19-13-16(11-12-20)14-5-3-2-4-6-14/h2-10,16,20H,11-13H2,1H3,(H,19,21). The van der Waals surface area contributed by atoms with E-state index in [0.717, 1.165) is 10.5 Å². The van der Waals surface area contributed by atoms with Crippen LogP contribution in [0.2, 0.25) is 0 Å². The van der Waals surface area contributed by atoms with Gasteiger partial charge in [-0.1, -0.05) is 30.3 Å². The summed E-state index contributed by atoms with van der Waals surface area (Å²) in [5, 5.41) is 12.2. The molecule has 0 aromatic heterocycles. The maximum absolute atomic E-state index is 12.2. The van der Waals surface area contributed by atoms with Crippen LogP contribution in [-0.4, -0.2) is 30.4 Å². The lowest BCUT2D eigenvalue weighted by molar-refractivity contribution is 0.0949. The fourth-order valence-electron chi connectivity index (χ4n) is 2.33. The van der Waals surface area contributed by atoms with Crippen molar-refractivity contribution in [1.29, 1.82) is 0 Å². The highest BCUT2D eigenvalue weighted by Gasteiger charge is 2.13. The molecule has 0 fully saturated rings. The molecule has 0 saturated heterocycles. The second-order valence-corrected chi connectivity index (χ2v) is 5.94. The van der Waals surface area contributed by atoms with E-state index in [1.54, 1.807) is 11.8 Å². The first-order chi connectivity index (χ1) is 10.7. The van der Waals surface area contributed by atoms with E-state index in [9.17, 15) is 9.90 Å². The van der Waals surface area contributed by atoms with Crippen LogP contribution in [0.1, 0.15) is 28.3 Å².